The molecule has 5 aromatic carbocycles. The molecule has 322 valence electrons. The predicted molar refractivity (Wildman–Crippen MR) is 256 cm³/mol. The van der Waals surface area contributed by atoms with Crippen molar-refractivity contribution in [2.75, 3.05) is 68.3 Å². The maximum absolute atomic E-state index is 12.9. The Morgan fingerprint density at radius 2 is 1.51 bits per heavy atom. The van der Waals surface area contributed by atoms with Gasteiger partial charge in [0.25, 0.3) is 11.6 Å². The number of nitrogens with zero attached hydrogens (tertiary/aromatic N) is 4. The number of likely N-dealkylation sites (tertiary alicyclic amines) is 1. The minimum atomic E-state index is -0.405. The molecular formula is C48H58ClN7O3S2. The summed E-state index contributed by atoms with van der Waals surface area (Å²) in [5.41, 5.74) is 5.71. The average Bonchev–Trinajstić information content (AvgIpc) is 3.28. The van der Waals surface area contributed by atoms with E-state index in [1.54, 1.807) is 23.9 Å². The second kappa shape index (κ2) is 23.6. The van der Waals surface area contributed by atoms with Gasteiger partial charge < -0.3 is 20.4 Å². The molecule has 0 spiro atoms. The van der Waals surface area contributed by atoms with E-state index in [4.69, 9.17) is 11.6 Å². The summed E-state index contributed by atoms with van der Waals surface area (Å²) in [6.07, 6.45) is 2.65. The third-order valence-corrected chi connectivity index (χ3v) is 12.9. The summed E-state index contributed by atoms with van der Waals surface area (Å²) in [4.78, 5) is 33.4. The lowest BCUT2D eigenvalue weighted by molar-refractivity contribution is -0.384. The number of nitro benzene ring substituents is 1. The topological polar surface area (TPSA) is 106 Å². The molecule has 61 heavy (non-hydrogen) atoms. The Balaban J connectivity index is 0.000000447. The van der Waals surface area contributed by atoms with E-state index in [0.717, 1.165) is 77.6 Å². The summed E-state index contributed by atoms with van der Waals surface area (Å²) in [6, 6.07) is 40.5. The minimum absolute atomic E-state index is 0.0285. The fourth-order valence-electron chi connectivity index (χ4n) is 7.60. The molecule has 3 N–H and O–H groups in total. The zero-order valence-electron chi connectivity index (χ0n) is 35.4. The zero-order valence-corrected chi connectivity index (χ0v) is 37.8. The monoisotopic (exact) mass is 879 g/mol. The van der Waals surface area contributed by atoms with Gasteiger partial charge in [-0.15, -0.1) is 11.8 Å². The molecule has 0 atom stereocenters. The number of hydrogen-bond donors (Lipinski definition) is 3. The summed E-state index contributed by atoms with van der Waals surface area (Å²) in [6.45, 7) is 15.6. The zero-order chi connectivity index (χ0) is 43.0. The van der Waals surface area contributed by atoms with E-state index < -0.39 is 4.92 Å². The van der Waals surface area contributed by atoms with Gasteiger partial charge in [0, 0.05) is 89.2 Å². The van der Waals surface area contributed by atoms with E-state index in [1.165, 1.54) is 49.7 Å². The molecule has 0 radical (unpaired) electrons. The number of piperazine rings is 1. The number of benzene rings is 5. The molecule has 0 bridgehead atoms. The first-order chi connectivity index (χ1) is 29.6. The highest BCUT2D eigenvalue weighted by Crippen LogP contribution is 2.31. The van der Waals surface area contributed by atoms with Crippen molar-refractivity contribution in [1.82, 2.24) is 19.8 Å². The molecule has 2 heterocycles. The summed E-state index contributed by atoms with van der Waals surface area (Å²) >= 11 is 8.86. The predicted octanol–water partition coefficient (Wildman–Crippen LogP) is 10.3. The van der Waals surface area contributed by atoms with Crippen LogP contribution < -0.4 is 20.3 Å². The molecule has 10 nitrogen and oxygen atoms in total. The van der Waals surface area contributed by atoms with Crippen molar-refractivity contribution in [1.29, 1.82) is 0 Å². The Kier molecular flexibility index (Phi) is 17.8. The second-order valence-electron chi connectivity index (χ2n) is 15.6. The number of thioether (sulfide) groups is 1. The van der Waals surface area contributed by atoms with Crippen molar-refractivity contribution >= 4 is 58.3 Å². The highest BCUT2D eigenvalue weighted by Gasteiger charge is 2.21. The van der Waals surface area contributed by atoms with Gasteiger partial charge in [0.1, 0.15) is 5.69 Å². The number of nitrogens with one attached hydrogen (secondary N) is 3. The highest BCUT2D eigenvalue weighted by molar-refractivity contribution is 7.99. The van der Waals surface area contributed by atoms with Gasteiger partial charge >= 0.3 is 0 Å². The molecule has 2 fully saturated rings. The lowest BCUT2D eigenvalue weighted by atomic mass is 9.99. The third-order valence-electron chi connectivity index (χ3n) is 10.9. The smallest absolute Gasteiger partial charge is 0.293 e. The number of carbonyl (C=O) groups is 1. The van der Waals surface area contributed by atoms with Crippen molar-refractivity contribution in [3.05, 3.63) is 148 Å². The Labute approximate surface area is 375 Å². The van der Waals surface area contributed by atoms with Crippen LogP contribution in [0.1, 0.15) is 49.5 Å². The highest BCUT2D eigenvalue weighted by atomic mass is 35.5. The van der Waals surface area contributed by atoms with E-state index in [1.807, 2.05) is 66.7 Å². The van der Waals surface area contributed by atoms with Gasteiger partial charge in [-0.2, -0.15) is 0 Å². The normalized spacial score (nSPS) is 14.9. The molecular weight excluding hydrogens is 822 g/mol. The lowest BCUT2D eigenvalue weighted by Crippen LogP contribution is -2.46. The van der Waals surface area contributed by atoms with E-state index in [2.05, 4.69) is 87.2 Å². The number of piperidine rings is 1. The Morgan fingerprint density at radius 3 is 2.18 bits per heavy atom. The molecule has 2 aliphatic rings. The number of rotatable bonds is 16. The molecule has 2 aliphatic heterocycles. The largest absolute Gasteiger partial charge is 0.379 e. The van der Waals surface area contributed by atoms with Crippen molar-refractivity contribution in [2.24, 2.45) is 0 Å². The van der Waals surface area contributed by atoms with Crippen LogP contribution >= 0.6 is 35.3 Å². The quantitative estimate of drug-likeness (QED) is 0.0292. The number of anilines is 2. The van der Waals surface area contributed by atoms with Crippen molar-refractivity contribution in [2.45, 2.75) is 62.0 Å². The van der Waals surface area contributed by atoms with Gasteiger partial charge in [0.15, 0.2) is 0 Å². The van der Waals surface area contributed by atoms with E-state index in [9.17, 15) is 14.9 Å². The molecule has 0 aliphatic carbocycles. The number of carbonyl (C=O) groups excluding carboxylic acids is 1. The van der Waals surface area contributed by atoms with Crippen molar-refractivity contribution in [3.8, 4) is 11.1 Å². The summed E-state index contributed by atoms with van der Waals surface area (Å²) in [5.74, 6) is 0.507. The molecule has 0 aromatic heterocycles. The fraction of sp³-hybridized carbons (Fsp3) is 0.354. The average molecular weight is 881 g/mol. The molecule has 0 unspecified atom stereocenters. The van der Waals surface area contributed by atoms with Gasteiger partial charge in [-0.05, 0) is 122 Å². The first-order valence-corrected chi connectivity index (χ1v) is 23.4. The Morgan fingerprint density at radius 1 is 0.820 bits per heavy atom. The lowest BCUT2D eigenvalue weighted by Gasteiger charge is -2.36. The van der Waals surface area contributed by atoms with Crippen LogP contribution in [0.15, 0.2) is 131 Å². The van der Waals surface area contributed by atoms with Crippen LogP contribution in [0.3, 0.4) is 0 Å². The van der Waals surface area contributed by atoms with E-state index in [-0.39, 0.29) is 11.6 Å². The van der Waals surface area contributed by atoms with Gasteiger partial charge in [-0.1, -0.05) is 87.0 Å². The second-order valence-corrected chi connectivity index (χ2v) is 18.0. The number of hydrogen-bond acceptors (Lipinski definition) is 10. The molecule has 0 saturated carbocycles. The fourth-order valence-corrected chi connectivity index (χ4v) is 9.15. The number of amides is 1. The third kappa shape index (κ3) is 14.2. The van der Waals surface area contributed by atoms with Crippen molar-refractivity contribution in [3.63, 3.8) is 0 Å². The Bertz CT molecular complexity index is 2130. The maximum Gasteiger partial charge on any atom is 0.293 e. The van der Waals surface area contributed by atoms with Gasteiger partial charge in [-0.3, -0.25) is 24.5 Å². The standard InChI is InChI=1S/C38H36ClN5O3S2.C10H22N2/c39-31-14-10-28(11-15-31)35-9-5-4-6-30(35)27-42-21-23-43(24-22-42)32-16-12-29(13-17-32)38(45)41-49-34-18-19-36(37(26-34)44(46)47)40-20-25-48-33-7-2-1-3-8-33;1-4-12-7-5-10(6-8-12)11-9(2)3/h1-19,26,40H,20-25,27H2,(H,41,45);9-11H,4-8H2,1-3H3. The molecule has 13 heteroatoms. The van der Waals surface area contributed by atoms with E-state index in [0.29, 0.717) is 28.7 Å². The molecule has 5 aromatic rings. The van der Waals surface area contributed by atoms with Gasteiger partial charge in [-0.25, -0.2) is 0 Å². The molecule has 1 amide bonds. The summed E-state index contributed by atoms with van der Waals surface area (Å²) < 4.78 is 2.82. The first-order valence-electron chi connectivity index (χ1n) is 21.2. The van der Waals surface area contributed by atoms with Crippen LogP contribution in [0, 0.1) is 10.1 Å². The summed E-state index contributed by atoms with van der Waals surface area (Å²) in [5, 5.41) is 19.3. The maximum atomic E-state index is 12.9. The van der Waals surface area contributed by atoms with Crippen LogP contribution in [0.5, 0.6) is 0 Å². The van der Waals surface area contributed by atoms with Crippen LogP contribution in [0.2, 0.25) is 5.02 Å². The van der Waals surface area contributed by atoms with Crippen LogP contribution in [-0.2, 0) is 6.54 Å². The van der Waals surface area contributed by atoms with Crippen LogP contribution in [-0.4, -0.2) is 90.8 Å². The first kappa shape index (κ1) is 46.0. The van der Waals surface area contributed by atoms with Crippen LogP contribution in [0.4, 0.5) is 17.1 Å². The number of halogens is 1. The summed E-state index contributed by atoms with van der Waals surface area (Å²) in [7, 11) is 0. The van der Waals surface area contributed by atoms with Gasteiger partial charge in [0.2, 0.25) is 0 Å². The molecule has 7 rings (SSSR count). The SMILES string of the molecule is CCN1CCC(NC(C)C)CC1.O=C(NSc1ccc(NCCSc2ccccc2)c([N+](=O)[O-])c1)c1ccc(N2CCN(Cc3ccccc3-c3ccc(Cl)cc3)CC2)cc1. The van der Waals surface area contributed by atoms with Crippen molar-refractivity contribution < 1.29 is 9.72 Å². The van der Waals surface area contributed by atoms with Crippen LogP contribution in [0.25, 0.3) is 11.1 Å². The number of nitro groups is 1. The molecule has 2 saturated heterocycles. The minimum Gasteiger partial charge on any atom is -0.379 e. The van der Waals surface area contributed by atoms with Gasteiger partial charge in [0.05, 0.1) is 4.92 Å². The Hall–Kier alpha value is -4.56. The van der Waals surface area contributed by atoms with E-state index >= 15 is 0 Å².